The molecule has 0 aliphatic heterocycles. The second-order valence-corrected chi connectivity index (χ2v) is 11.0. The van der Waals surface area contributed by atoms with Gasteiger partial charge in [0.05, 0.1) is 22.6 Å². The quantitative estimate of drug-likeness (QED) is 0.0926. The summed E-state index contributed by atoms with van der Waals surface area (Å²) in [6.45, 7) is -0.332. The molecule has 0 bridgehead atoms. The average Bonchev–Trinajstić information content (AvgIpc) is 3.75. The van der Waals surface area contributed by atoms with Crippen molar-refractivity contribution >= 4 is 51.5 Å². The molecule has 0 radical (unpaired) electrons. The summed E-state index contributed by atoms with van der Waals surface area (Å²) >= 11 is -3.00. The van der Waals surface area contributed by atoms with Crippen LogP contribution in [-0.4, -0.2) is 48.8 Å². The van der Waals surface area contributed by atoms with Gasteiger partial charge in [0.2, 0.25) is 0 Å². The molecule has 228 valence electrons. The van der Waals surface area contributed by atoms with Crippen molar-refractivity contribution in [1.82, 2.24) is 5.32 Å². The van der Waals surface area contributed by atoms with Crippen LogP contribution in [0.3, 0.4) is 0 Å². The third-order valence-electron chi connectivity index (χ3n) is 7.32. The van der Waals surface area contributed by atoms with Crippen LogP contribution >= 0.6 is 0 Å². The SMILES string of the molecule is CNC(=O)c1c(-c2ccc(F)cc2)oc2cc(CN(c3ccc([N+](=O)[O-])c(C(C(=O)O)C(=O)O)c3)S(=O)[O-])c(C3CC3)cc12. The molecule has 1 fully saturated rings. The van der Waals surface area contributed by atoms with Crippen LogP contribution in [0.25, 0.3) is 22.3 Å². The number of hydrogen-bond acceptors (Lipinski definition) is 8. The number of halogens is 1. The molecule has 1 unspecified atom stereocenters. The highest BCUT2D eigenvalue weighted by Gasteiger charge is 2.35. The number of rotatable bonds is 11. The molecule has 5 rings (SSSR count). The molecule has 3 aromatic carbocycles. The monoisotopic (exact) mass is 624 g/mol. The summed E-state index contributed by atoms with van der Waals surface area (Å²) in [4.78, 5) is 47.0. The van der Waals surface area contributed by atoms with Gasteiger partial charge in [-0.25, -0.2) is 4.39 Å². The summed E-state index contributed by atoms with van der Waals surface area (Å²) in [6.07, 6.45) is 1.58. The van der Waals surface area contributed by atoms with Gasteiger partial charge in [0, 0.05) is 41.0 Å². The lowest BCUT2D eigenvalue weighted by Crippen LogP contribution is -2.27. The first kappa shape index (κ1) is 30.3. The summed E-state index contributed by atoms with van der Waals surface area (Å²) in [5, 5.41) is 33.5. The van der Waals surface area contributed by atoms with Gasteiger partial charge in [0.25, 0.3) is 11.6 Å². The van der Waals surface area contributed by atoms with Crippen LogP contribution in [-0.2, 0) is 27.4 Å². The van der Waals surface area contributed by atoms with Crippen molar-refractivity contribution in [1.29, 1.82) is 0 Å². The maximum atomic E-state index is 13.6. The number of nitro groups is 1. The number of carbonyl (C=O) groups is 3. The van der Waals surface area contributed by atoms with E-state index in [1.54, 1.807) is 12.1 Å². The zero-order chi connectivity index (χ0) is 31.9. The van der Waals surface area contributed by atoms with Crippen LogP contribution < -0.4 is 9.62 Å². The van der Waals surface area contributed by atoms with E-state index in [1.807, 2.05) is 0 Å². The Morgan fingerprint density at radius 2 is 1.77 bits per heavy atom. The molecular formula is C29H23FN3O10S-. The van der Waals surface area contributed by atoms with E-state index >= 15 is 0 Å². The number of carboxylic acid groups (broad SMARTS) is 2. The Balaban J connectivity index is 1.65. The Morgan fingerprint density at radius 1 is 1.11 bits per heavy atom. The minimum atomic E-state index is -3.00. The maximum Gasteiger partial charge on any atom is 0.322 e. The van der Waals surface area contributed by atoms with Crippen molar-refractivity contribution in [2.75, 3.05) is 11.4 Å². The fourth-order valence-corrected chi connectivity index (χ4v) is 5.65. The topological polar surface area (TPSA) is 203 Å². The fraction of sp³-hybridized carbons (Fsp3) is 0.207. The molecule has 15 heteroatoms. The van der Waals surface area contributed by atoms with Crippen molar-refractivity contribution in [2.24, 2.45) is 0 Å². The number of amides is 1. The highest BCUT2D eigenvalue weighted by Crippen LogP contribution is 2.45. The lowest BCUT2D eigenvalue weighted by molar-refractivity contribution is -0.385. The number of aliphatic carboxylic acids is 2. The molecule has 1 aliphatic rings. The molecule has 3 N–H and O–H groups in total. The first-order chi connectivity index (χ1) is 20.9. The van der Waals surface area contributed by atoms with Gasteiger partial charge in [-0.15, -0.1) is 0 Å². The Kier molecular flexibility index (Phi) is 8.17. The molecule has 0 spiro atoms. The van der Waals surface area contributed by atoms with Crippen molar-refractivity contribution in [3.8, 4) is 11.3 Å². The lowest BCUT2D eigenvalue weighted by atomic mass is 9.96. The minimum Gasteiger partial charge on any atom is -0.755 e. The van der Waals surface area contributed by atoms with E-state index in [4.69, 9.17) is 4.42 Å². The largest absolute Gasteiger partial charge is 0.755 e. The van der Waals surface area contributed by atoms with Gasteiger partial charge >= 0.3 is 11.9 Å². The standard InChI is InChI=1S/C29H24FN3O10S/c1-31-27(34)24-21-12-19(14-2-3-14)16(10-23(21)43-26(24)15-4-6-17(30)7-5-15)13-32(44(41)42)18-8-9-22(33(39)40)20(11-18)25(28(35)36)29(37)38/h4-12,14,25H,2-3,13H2,1H3,(H,31,34)(H,35,36)(H,37,38)(H,41,42)/p-1. The van der Waals surface area contributed by atoms with Gasteiger partial charge in [-0.05, 0) is 78.4 Å². The summed E-state index contributed by atoms with van der Waals surface area (Å²) in [6, 6.07) is 11.5. The molecule has 1 aliphatic carbocycles. The Hall–Kier alpha value is -5.15. The zero-order valence-electron chi connectivity index (χ0n) is 22.8. The van der Waals surface area contributed by atoms with E-state index in [2.05, 4.69) is 5.32 Å². The molecule has 13 nitrogen and oxygen atoms in total. The number of benzene rings is 3. The van der Waals surface area contributed by atoms with Crippen LogP contribution in [0.1, 0.15) is 51.7 Å². The van der Waals surface area contributed by atoms with E-state index in [1.165, 1.54) is 31.3 Å². The van der Waals surface area contributed by atoms with Crippen molar-refractivity contribution < 1.29 is 47.1 Å². The minimum absolute atomic E-state index is 0.0360. The Labute approximate surface area is 250 Å². The van der Waals surface area contributed by atoms with E-state index in [-0.39, 0.29) is 35.1 Å². The van der Waals surface area contributed by atoms with Crippen molar-refractivity contribution in [3.63, 3.8) is 0 Å². The number of nitrogens with one attached hydrogen (secondary N) is 1. The van der Waals surface area contributed by atoms with Gasteiger partial charge in [-0.1, -0.05) is 0 Å². The molecule has 44 heavy (non-hydrogen) atoms. The average molecular weight is 625 g/mol. The third kappa shape index (κ3) is 5.74. The number of carboxylic acids is 2. The third-order valence-corrected chi connectivity index (χ3v) is 8.02. The van der Waals surface area contributed by atoms with Crippen molar-refractivity contribution in [3.05, 3.63) is 92.8 Å². The predicted octanol–water partition coefficient (Wildman–Crippen LogP) is 4.44. The van der Waals surface area contributed by atoms with Gasteiger partial charge in [0.1, 0.15) is 17.2 Å². The second-order valence-electron chi connectivity index (χ2n) is 10.1. The van der Waals surface area contributed by atoms with Gasteiger partial charge in [-0.2, -0.15) is 0 Å². The predicted molar refractivity (Wildman–Crippen MR) is 153 cm³/mol. The molecule has 4 aromatic rings. The van der Waals surface area contributed by atoms with E-state index in [9.17, 15) is 47.9 Å². The Bertz CT molecular complexity index is 1840. The zero-order valence-corrected chi connectivity index (χ0v) is 23.6. The smallest absolute Gasteiger partial charge is 0.322 e. The molecule has 1 amide bonds. The van der Waals surface area contributed by atoms with E-state index < -0.39 is 57.0 Å². The molecule has 1 atom stereocenters. The van der Waals surface area contributed by atoms with Gasteiger partial charge < -0.3 is 24.5 Å². The van der Waals surface area contributed by atoms with Crippen LogP contribution in [0.5, 0.6) is 0 Å². The number of carbonyl (C=O) groups excluding carboxylic acids is 1. The number of hydrogen-bond donors (Lipinski definition) is 3. The second kappa shape index (κ2) is 11.9. The summed E-state index contributed by atoms with van der Waals surface area (Å²) < 4.78 is 45.5. The molecule has 1 saturated carbocycles. The van der Waals surface area contributed by atoms with E-state index in [0.717, 1.165) is 40.9 Å². The van der Waals surface area contributed by atoms with Crippen LogP contribution in [0, 0.1) is 15.9 Å². The molecule has 1 aromatic heterocycles. The van der Waals surface area contributed by atoms with Crippen LogP contribution in [0.4, 0.5) is 15.8 Å². The molecular weight excluding hydrogens is 601 g/mol. The maximum absolute atomic E-state index is 13.6. The Morgan fingerprint density at radius 3 is 2.32 bits per heavy atom. The van der Waals surface area contributed by atoms with Crippen LogP contribution in [0.2, 0.25) is 0 Å². The summed E-state index contributed by atoms with van der Waals surface area (Å²) in [5.41, 5.74) is 0.367. The number of fused-ring (bicyclic) bond motifs is 1. The fourth-order valence-electron chi connectivity index (χ4n) is 5.12. The van der Waals surface area contributed by atoms with Crippen LogP contribution in [0.15, 0.2) is 59.0 Å². The number of furan rings is 1. The number of nitrogens with zero attached hydrogens (tertiary/aromatic N) is 2. The lowest BCUT2D eigenvalue weighted by Gasteiger charge is -2.28. The summed E-state index contributed by atoms with van der Waals surface area (Å²) in [5.74, 6) is -6.78. The highest BCUT2D eigenvalue weighted by molar-refractivity contribution is 7.80. The molecule has 0 saturated heterocycles. The normalized spacial score (nSPS) is 13.5. The first-order valence-corrected chi connectivity index (χ1v) is 14.1. The highest BCUT2D eigenvalue weighted by atomic mass is 32.2. The number of nitro benzene ring substituents is 1. The molecule has 1 heterocycles. The van der Waals surface area contributed by atoms with Gasteiger partial charge in [0.15, 0.2) is 5.92 Å². The summed E-state index contributed by atoms with van der Waals surface area (Å²) in [7, 11) is 1.45. The van der Waals surface area contributed by atoms with E-state index in [0.29, 0.717) is 16.5 Å². The van der Waals surface area contributed by atoms with Gasteiger partial charge in [-0.3, -0.25) is 33.0 Å². The van der Waals surface area contributed by atoms with Crippen molar-refractivity contribution in [2.45, 2.75) is 31.2 Å². The first-order valence-electron chi connectivity index (χ1n) is 13.1. The number of anilines is 1.